The molecule has 5 rings (SSSR count). The third kappa shape index (κ3) is 5.38. The van der Waals surface area contributed by atoms with E-state index in [4.69, 9.17) is 0 Å². The molecule has 0 N–H and O–H groups in total. The third-order valence-electron chi connectivity index (χ3n) is 6.31. The van der Waals surface area contributed by atoms with Gasteiger partial charge in [-0.25, -0.2) is 12.2 Å². The van der Waals surface area contributed by atoms with E-state index in [1.807, 2.05) is 12.2 Å². The van der Waals surface area contributed by atoms with Gasteiger partial charge in [0.15, 0.2) is 0 Å². The number of unbranched alkanes of at least 4 members (excludes halogenated alkanes) is 1. The fourth-order valence-electron chi connectivity index (χ4n) is 4.89. The monoisotopic (exact) mass is 474 g/mol. The summed E-state index contributed by atoms with van der Waals surface area (Å²) in [6, 6.07) is 24.0. The summed E-state index contributed by atoms with van der Waals surface area (Å²) in [5.41, 5.74) is 6.83. The van der Waals surface area contributed by atoms with E-state index in [0.29, 0.717) is 0 Å². The van der Waals surface area contributed by atoms with Crippen LogP contribution >= 0.6 is 0 Å². The van der Waals surface area contributed by atoms with E-state index < -0.39 is 8.07 Å². The summed E-state index contributed by atoms with van der Waals surface area (Å²) >= 11 is 0. The molecule has 1 fully saturated rings. The first-order valence-electron chi connectivity index (χ1n) is 10.2. The van der Waals surface area contributed by atoms with Crippen molar-refractivity contribution in [3.8, 4) is 11.1 Å². The van der Waals surface area contributed by atoms with Gasteiger partial charge in [0, 0.05) is 0 Å². The summed E-state index contributed by atoms with van der Waals surface area (Å²) in [6.07, 6.45) is 14.2. The van der Waals surface area contributed by atoms with E-state index in [2.05, 4.69) is 67.6 Å². The normalized spacial score (nSPS) is 18.6. The minimum atomic E-state index is -1.16. The standard InChI is InChI=1S/C20H23Si.C5H5.2ClH.Ti/c1-2-3-13-21(14-8-15-21)20-18-11-6-4-9-16(18)17-10-5-7-12-19(17)20;1-2-4-5-3-1;;;/h4-7,9-11,20H,2-3,8,13-15H2,1H3;1-3H,4H2;2*1H;/q2*-1;;;+4/p-2. The van der Waals surface area contributed by atoms with Gasteiger partial charge in [0.1, 0.15) is 0 Å². The molecule has 0 nitrogen and oxygen atoms in total. The molecular formula is C25H28Cl2SiTi. The zero-order chi connectivity index (χ0) is 17.8. The maximum atomic E-state index is 3.63. The van der Waals surface area contributed by atoms with Crippen LogP contribution in [0.5, 0.6) is 0 Å². The quantitative estimate of drug-likeness (QED) is 0.459. The molecular weight excluding hydrogens is 447 g/mol. The Kier molecular flexibility index (Phi) is 11.2. The molecule has 0 aromatic heterocycles. The Balaban J connectivity index is 0.000000465. The van der Waals surface area contributed by atoms with E-state index in [0.717, 1.165) is 12.0 Å². The molecule has 0 radical (unpaired) electrons. The molecule has 1 unspecified atom stereocenters. The first kappa shape index (κ1) is 26.5. The van der Waals surface area contributed by atoms with Crippen LogP contribution in [0.15, 0.2) is 60.7 Å². The summed E-state index contributed by atoms with van der Waals surface area (Å²) in [5.74, 6) is 0. The van der Waals surface area contributed by atoms with Crippen LogP contribution in [0.25, 0.3) is 11.1 Å². The van der Waals surface area contributed by atoms with Gasteiger partial charge in [0.05, 0.1) is 8.07 Å². The topological polar surface area (TPSA) is 0 Å². The smallest absolute Gasteiger partial charge is 1.00 e. The fraction of sp³-hybridized carbons (Fsp3) is 0.360. The first-order chi connectivity index (χ1) is 12.9. The van der Waals surface area contributed by atoms with E-state index >= 15 is 0 Å². The SMILES string of the molecule is CCCC[Si]1(C2c3[c-]cccc3-c3ccccc32)CCC1.[C-]1=CC=CC1.[Cl-].[Cl-].[Ti+4]. The van der Waals surface area contributed by atoms with Crippen LogP contribution < -0.4 is 24.8 Å². The zero-order valence-electron chi connectivity index (χ0n) is 17.1. The maximum Gasteiger partial charge on any atom is 4.00 e. The molecule has 2 aromatic rings. The zero-order valence-corrected chi connectivity index (χ0v) is 21.1. The molecule has 1 atom stereocenters. The number of hydrogen-bond acceptors (Lipinski definition) is 0. The van der Waals surface area contributed by atoms with Gasteiger partial charge in [-0.1, -0.05) is 74.1 Å². The Bertz CT molecular complexity index is 772. The molecule has 1 heterocycles. The second-order valence-corrected chi connectivity index (χ2v) is 12.6. The average Bonchev–Trinajstić information content (AvgIpc) is 3.32. The van der Waals surface area contributed by atoms with Crippen molar-refractivity contribution in [3.05, 3.63) is 84.0 Å². The Morgan fingerprint density at radius 3 is 2.38 bits per heavy atom. The predicted octanol–water partition coefficient (Wildman–Crippen LogP) is 1.10. The van der Waals surface area contributed by atoms with Gasteiger partial charge < -0.3 is 24.8 Å². The van der Waals surface area contributed by atoms with Crippen LogP contribution in [-0.2, 0) is 21.7 Å². The van der Waals surface area contributed by atoms with Crippen LogP contribution in [0, 0.1) is 12.1 Å². The summed E-state index contributed by atoms with van der Waals surface area (Å²) in [4.78, 5) is 0. The van der Waals surface area contributed by atoms with Crippen molar-refractivity contribution in [2.24, 2.45) is 0 Å². The van der Waals surface area contributed by atoms with Crippen molar-refractivity contribution < 1.29 is 46.5 Å². The summed E-state index contributed by atoms with van der Waals surface area (Å²) < 4.78 is 0. The molecule has 0 spiro atoms. The average molecular weight is 475 g/mol. The maximum absolute atomic E-state index is 3.63. The number of benzene rings is 2. The van der Waals surface area contributed by atoms with Gasteiger partial charge in [-0.3, -0.25) is 6.08 Å². The molecule has 0 saturated carbocycles. The van der Waals surface area contributed by atoms with Crippen molar-refractivity contribution in [3.63, 3.8) is 0 Å². The number of fused-ring (bicyclic) bond motifs is 3. The Hall–Kier alpha value is -0.569. The molecule has 2 aliphatic carbocycles. The van der Waals surface area contributed by atoms with Gasteiger partial charge in [-0.2, -0.15) is 30.3 Å². The van der Waals surface area contributed by atoms with Crippen LogP contribution in [0.2, 0.25) is 18.1 Å². The fourth-order valence-corrected chi connectivity index (χ4v) is 10.3. The molecule has 1 saturated heterocycles. The third-order valence-corrected chi connectivity index (χ3v) is 12.2. The van der Waals surface area contributed by atoms with Gasteiger partial charge in [-0.05, 0) is 11.1 Å². The van der Waals surface area contributed by atoms with E-state index in [9.17, 15) is 0 Å². The van der Waals surface area contributed by atoms with Crippen LogP contribution in [0.1, 0.15) is 49.3 Å². The molecule has 29 heavy (non-hydrogen) atoms. The van der Waals surface area contributed by atoms with Gasteiger partial charge in [0.25, 0.3) is 0 Å². The Labute approximate surface area is 205 Å². The first-order valence-corrected chi connectivity index (χ1v) is 12.9. The van der Waals surface area contributed by atoms with Crippen LogP contribution in [-0.4, -0.2) is 8.07 Å². The van der Waals surface area contributed by atoms with E-state index in [1.54, 1.807) is 5.56 Å². The van der Waals surface area contributed by atoms with Crippen molar-refractivity contribution in [2.75, 3.05) is 0 Å². The molecule has 1 aliphatic heterocycles. The molecule has 0 bridgehead atoms. The largest absolute Gasteiger partial charge is 4.00 e. The molecule has 4 heteroatoms. The number of allylic oxidation sites excluding steroid dienone is 4. The van der Waals surface area contributed by atoms with Crippen molar-refractivity contribution in [2.45, 2.75) is 56.3 Å². The van der Waals surface area contributed by atoms with Crippen LogP contribution in [0.3, 0.4) is 0 Å². The summed E-state index contributed by atoms with van der Waals surface area (Å²) in [6.45, 7) is 2.34. The minimum absolute atomic E-state index is 0. The number of hydrogen-bond donors (Lipinski definition) is 0. The van der Waals surface area contributed by atoms with Gasteiger partial charge in [0.2, 0.25) is 0 Å². The second kappa shape index (κ2) is 12.3. The predicted molar refractivity (Wildman–Crippen MR) is 114 cm³/mol. The van der Waals surface area contributed by atoms with Crippen molar-refractivity contribution in [1.82, 2.24) is 0 Å². The minimum Gasteiger partial charge on any atom is -1.00 e. The van der Waals surface area contributed by atoms with E-state index in [1.165, 1.54) is 54.1 Å². The number of halogens is 2. The van der Waals surface area contributed by atoms with E-state index in [-0.39, 0.29) is 46.5 Å². The Morgan fingerprint density at radius 2 is 1.79 bits per heavy atom. The molecule has 2 aromatic carbocycles. The van der Waals surface area contributed by atoms with Gasteiger partial charge in [-0.15, -0.1) is 17.5 Å². The Morgan fingerprint density at radius 1 is 1.03 bits per heavy atom. The second-order valence-electron chi connectivity index (χ2n) is 7.84. The summed E-state index contributed by atoms with van der Waals surface area (Å²) in [7, 11) is -1.16. The molecule has 3 aliphatic rings. The van der Waals surface area contributed by atoms with Crippen molar-refractivity contribution in [1.29, 1.82) is 0 Å². The molecule has 150 valence electrons. The number of rotatable bonds is 4. The van der Waals surface area contributed by atoms with Crippen molar-refractivity contribution >= 4 is 8.07 Å². The summed E-state index contributed by atoms with van der Waals surface area (Å²) in [5, 5.41) is 0. The van der Waals surface area contributed by atoms with Gasteiger partial charge >= 0.3 is 21.7 Å². The molecule has 0 amide bonds. The van der Waals surface area contributed by atoms with Crippen LogP contribution in [0.4, 0.5) is 0 Å².